The van der Waals surface area contributed by atoms with Crippen LogP contribution in [0.5, 0.6) is 0 Å². The van der Waals surface area contributed by atoms with E-state index in [-0.39, 0.29) is 5.91 Å². The van der Waals surface area contributed by atoms with E-state index in [1.165, 1.54) is 24.1 Å². The molecule has 1 aliphatic heterocycles. The molecule has 1 atom stereocenters. The van der Waals surface area contributed by atoms with E-state index in [4.69, 9.17) is 5.10 Å². The summed E-state index contributed by atoms with van der Waals surface area (Å²) in [6, 6.07) is 0.487. The van der Waals surface area contributed by atoms with Crippen LogP contribution in [0.15, 0.2) is 0 Å². The molecule has 1 unspecified atom stereocenters. The molecular weight excluding hydrogens is 312 g/mol. The number of carbonyl (C=O) groups excluding carboxylic acids is 1. The number of unbranched alkanes of at least 4 members (excludes halogenated alkanes) is 1. The van der Waals surface area contributed by atoms with Gasteiger partial charge in [-0.15, -0.1) is 0 Å². The van der Waals surface area contributed by atoms with Gasteiger partial charge in [0.1, 0.15) is 0 Å². The minimum atomic E-state index is 0.158. The predicted molar refractivity (Wildman–Crippen MR) is 101 cm³/mol. The molecule has 1 aromatic heterocycles. The van der Waals surface area contributed by atoms with Crippen LogP contribution in [0.4, 0.5) is 0 Å². The van der Waals surface area contributed by atoms with E-state index >= 15 is 0 Å². The molecule has 5 nitrogen and oxygen atoms in total. The Morgan fingerprint density at radius 1 is 1.32 bits per heavy atom. The van der Waals surface area contributed by atoms with Crippen molar-refractivity contribution in [2.45, 2.75) is 78.3 Å². The maximum Gasteiger partial charge on any atom is 0.274 e. The van der Waals surface area contributed by atoms with Gasteiger partial charge in [-0.05, 0) is 51.0 Å². The maximum absolute atomic E-state index is 13.0. The monoisotopic (exact) mass is 346 g/mol. The van der Waals surface area contributed by atoms with Crippen molar-refractivity contribution in [1.29, 1.82) is 0 Å². The van der Waals surface area contributed by atoms with Crippen LogP contribution in [0.1, 0.15) is 74.6 Å². The molecule has 5 heteroatoms. The zero-order chi connectivity index (χ0) is 17.8. The molecule has 2 aliphatic rings. The summed E-state index contributed by atoms with van der Waals surface area (Å²) >= 11 is 0. The van der Waals surface area contributed by atoms with E-state index in [1.807, 2.05) is 4.90 Å². The lowest BCUT2D eigenvalue weighted by molar-refractivity contribution is 0.0784. The molecule has 25 heavy (non-hydrogen) atoms. The lowest BCUT2D eigenvalue weighted by Gasteiger charge is -2.25. The van der Waals surface area contributed by atoms with Gasteiger partial charge in [0.25, 0.3) is 5.91 Å². The molecular formula is C20H34N4O. The van der Waals surface area contributed by atoms with Crippen LogP contribution in [0.2, 0.25) is 0 Å². The topological polar surface area (TPSA) is 50.2 Å². The number of hydrogen-bond acceptors (Lipinski definition) is 3. The number of aromatic nitrogens is 2. The van der Waals surface area contributed by atoms with Crippen molar-refractivity contribution in [1.82, 2.24) is 20.0 Å². The predicted octanol–water partition coefficient (Wildman–Crippen LogP) is 3.02. The van der Waals surface area contributed by atoms with Gasteiger partial charge in [0.15, 0.2) is 5.69 Å². The molecule has 0 aromatic carbocycles. The number of rotatable bonds is 7. The molecule has 0 radical (unpaired) electrons. The molecule has 1 saturated heterocycles. The summed E-state index contributed by atoms with van der Waals surface area (Å²) in [5.41, 5.74) is 3.27. The van der Waals surface area contributed by atoms with Crippen molar-refractivity contribution in [3.05, 3.63) is 17.0 Å². The second kappa shape index (κ2) is 8.35. The Balaban J connectivity index is 1.82. The van der Waals surface area contributed by atoms with E-state index in [0.29, 0.717) is 12.0 Å². The Labute approximate surface area is 152 Å². The van der Waals surface area contributed by atoms with Crippen LogP contribution in [0, 0.1) is 5.92 Å². The Bertz CT molecular complexity index is 587. The lowest BCUT2D eigenvalue weighted by Crippen LogP contribution is -2.36. The van der Waals surface area contributed by atoms with E-state index in [0.717, 1.165) is 64.0 Å². The number of carbonyl (C=O) groups is 1. The zero-order valence-electron chi connectivity index (χ0n) is 16.2. The van der Waals surface area contributed by atoms with Gasteiger partial charge >= 0.3 is 0 Å². The van der Waals surface area contributed by atoms with Crippen LogP contribution in [0.25, 0.3) is 0 Å². The fourth-order valence-electron chi connectivity index (χ4n) is 4.08. The highest BCUT2D eigenvalue weighted by atomic mass is 16.2. The van der Waals surface area contributed by atoms with E-state index in [1.54, 1.807) is 0 Å². The average molecular weight is 347 g/mol. The normalized spacial score (nSPS) is 20.3. The van der Waals surface area contributed by atoms with Gasteiger partial charge in [0, 0.05) is 36.9 Å². The molecule has 1 aliphatic carbocycles. The van der Waals surface area contributed by atoms with Crippen molar-refractivity contribution in [2.75, 3.05) is 19.6 Å². The summed E-state index contributed by atoms with van der Waals surface area (Å²) in [7, 11) is 0. The molecule has 140 valence electrons. The molecule has 1 amide bonds. The number of amides is 1. The zero-order valence-corrected chi connectivity index (χ0v) is 16.2. The molecule has 2 heterocycles. The summed E-state index contributed by atoms with van der Waals surface area (Å²) in [6.07, 6.45) is 7.82. The Morgan fingerprint density at radius 3 is 2.76 bits per heavy atom. The third-order valence-corrected chi connectivity index (χ3v) is 5.44. The van der Waals surface area contributed by atoms with Crippen molar-refractivity contribution >= 4 is 5.91 Å². The highest BCUT2D eigenvalue weighted by Crippen LogP contribution is 2.27. The third kappa shape index (κ3) is 4.25. The lowest BCUT2D eigenvalue weighted by atomic mass is 9.91. The first-order valence-corrected chi connectivity index (χ1v) is 10.2. The van der Waals surface area contributed by atoms with Crippen molar-refractivity contribution in [2.24, 2.45) is 5.92 Å². The van der Waals surface area contributed by atoms with Crippen molar-refractivity contribution in [3.63, 3.8) is 0 Å². The second-order valence-corrected chi connectivity index (χ2v) is 8.10. The summed E-state index contributed by atoms with van der Waals surface area (Å²) in [4.78, 5) is 15.0. The van der Waals surface area contributed by atoms with Gasteiger partial charge in [0.2, 0.25) is 0 Å². The fraction of sp³-hybridized carbons (Fsp3) is 0.800. The van der Waals surface area contributed by atoms with Crippen molar-refractivity contribution < 1.29 is 4.79 Å². The molecule has 1 N–H and O–H groups in total. The molecule has 1 fully saturated rings. The molecule has 0 spiro atoms. The first-order chi connectivity index (χ1) is 12.1. The summed E-state index contributed by atoms with van der Waals surface area (Å²) in [6.45, 7) is 10.4. The quantitative estimate of drug-likeness (QED) is 0.772. The van der Waals surface area contributed by atoms with E-state index < -0.39 is 0 Å². The van der Waals surface area contributed by atoms with Gasteiger partial charge in [-0.3, -0.25) is 9.48 Å². The van der Waals surface area contributed by atoms with Gasteiger partial charge in [-0.25, -0.2) is 0 Å². The van der Waals surface area contributed by atoms with Crippen LogP contribution < -0.4 is 5.32 Å². The Kier molecular flexibility index (Phi) is 6.15. The highest BCUT2D eigenvalue weighted by Gasteiger charge is 2.31. The largest absolute Gasteiger partial charge is 0.337 e. The van der Waals surface area contributed by atoms with Gasteiger partial charge in [-0.2, -0.15) is 5.10 Å². The maximum atomic E-state index is 13.0. The van der Waals surface area contributed by atoms with Crippen molar-refractivity contribution in [3.8, 4) is 0 Å². The number of hydrogen-bond donors (Lipinski definition) is 1. The summed E-state index contributed by atoms with van der Waals surface area (Å²) in [5.74, 6) is 0.699. The fourth-order valence-corrected chi connectivity index (χ4v) is 4.08. The van der Waals surface area contributed by atoms with Gasteiger partial charge < -0.3 is 10.2 Å². The average Bonchev–Trinajstić information content (AvgIpc) is 3.23. The second-order valence-electron chi connectivity index (χ2n) is 8.10. The highest BCUT2D eigenvalue weighted by molar-refractivity contribution is 5.94. The Morgan fingerprint density at radius 2 is 2.08 bits per heavy atom. The van der Waals surface area contributed by atoms with Crippen LogP contribution >= 0.6 is 0 Å². The molecule has 0 saturated carbocycles. The van der Waals surface area contributed by atoms with Crippen LogP contribution in [-0.2, 0) is 19.4 Å². The van der Waals surface area contributed by atoms with E-state index in [9.17, 15) is 4.79 Å². The third-order valence-electron chi connectivity index (χ3n) is 5.44. The molecule has 0 bridgehead atoms. The molecule has 1 aromatic rings. The van der Waals surface area contributed by atoms with Gasteiger partial charge in [-0.1, -0.05) is 27.2 Å². The SMILES string of the molecule is CCCCNC1CCc2c(c(C(=O)N3CCCC3)nn2CC(C)C)C1. The standard InChI is InChI=1S/C20H34N4O/c1-4-5-10-21-16-8-9-18-17(13-16)19(22-24(18)14-15(2)3)20(25)23-11-6-7-12-23/h15-16,21H,4-14H2,1-3H3. The first kappa shape index (κ1) is 18.4. The van der Waals surface area contributed by atoms with Crippen LogP contribution in [0.3, 0.4) is 0 Å². The molecule has 3 rings (SSSR count). The minimum Gasteiger partial charge on any atom is -0.337 e. The first-order valence-electron chi connectivity index (χ1n) is 10.2. The number of likely N-dealkylation sites (tertiary alicyclic amines) is 1. The summed E-state index contributed by atoms with van der Waals surface area (Å²) in [5, 5.41) is 8.49. The Hall–Kier alpha value is -1.36. The number of nitrogens with one attached hydrogen (secondary N) is 1. The minimum absolute atomic E-state index is 0.158. The number of fused-ring (bicyclic) bond motifs is 1. The summed E-state index contributed by atoms with van der Waals surface area (Å²) < 4.78 is 2.13. The number of nitrogens with zero attached hydrogens (tertiary/aromatic N) is 3. The van der Waals surface area contributed by atoms with Gasteiger partial charge in [0.05, 0.1) is 0 Å². The van der Waals surface area contributed by atoms with E-state index in [2.05, 4.69) is 30.8 Å². The smallest absolute Gasteiger partial charge is 0.274 e. The van der Waals surface area contributed by atoms with Crippen LogP contribution in [-0.4, -0.2) is 46.3 Å².